The number of fused-ring (bicyclic) bond motifs is 3. The molecule has 0 unspecified atom stereocenters. The molecule has 7 heteroatoms. The molecule has 5 rings (SSSR count). The Morgan fingerprint density at radius 2 is 1.64 bits per heavy atom. The second-order valence-corrected chi connectivity index (χ2v) is 7.94. The zero-order valence-electron chi connectivity index (χ0n) is 19.2. The summed E-state index contributed by atoms with van der Waals surface area (Å²) in [4.78, 5) is 0. The van der Waals surface area contributed by atoms with E-state index in [1.165, 1.54) is 5.56 Å². The zero-order valence-corrected chi connectivity index (χ0v) is 19.2. The summed E-state index contributed by atoms with van der Waals surface area (Å²) in [5, 5.41) is 4.04. The standard InChI is InChI=1S/C26H26N2O5/c1-29-19-8-5-16(6-9-19)14-28-15-21-20(10-7-17-13-27-33-25(17)21)24(28)18-11-22(30-2)26(32-4)23(12-18)31-3/h5-6,8-9,11-13,15H,7,10,14H2,1-4H3. The first-order valence-electron chi connectivity index (χ1n) is 10.8. The van der Waals surface area contributed by atoms with Crippen molar-refractivity contribution < 1.29 is 23.5 Å². The SMILES string of the molecule is COc1ccc(Cn2cc3c(c2-c2cc(OC)c(OC)c(OC)c2)CCc2cnoc2-3)cc1. The third-order valence-electron chi connectivity index (χ3n) is 6.17. The van der Waals surface area contributed by atoms with Gasteiger partial charge in [-0.15, -0.1) is 0 Å². The van der Waals surface area contributed by atoms with Crippen LogP contribution in [0.2, 0.25) is 0 Å². The van der Waals surface area contributed by atoms with Gasteiger partial charge in [0, 0.05) is 29.4 Å². The van der Waals surface area contributed by atoms with Gasteiger partial charge in [0.1, 0.15) is 5.75 Å². The van der Waals surface area contributed by atoms with E-state index in [0.717, 1.165) is 52.3 Å². The summed E-state index contributed by atoms with van der Waals surface area (Å²) in [7, 11) is 6.55. The Morgan fingerprint density at radius 3 is 2.27 bits per heavy atom. The maximum atomic E-state index is 5.64. The van der Waals surface area contributed by atoms with Crippen molar-refractivity contribution >= 4 is 0 Å². The Kier molecular flexibility index (Phi) is 5.46. The quantitative estimate of drug-likeness (QED) is 0.398. The lowest BCUT2D eigenvalue weighted by Crippen LogP contribution is -2.04. The van der Waals surface area contributed by atoms with Gasteiger partial charge in [0.25, 0.3) is 0 Å². The largest absolute Gasteiger partial charge is 0.497 e. The van der Waals surface area contributed by atoms with E-state index in [1.54, 1.807) is 28.4 Å². The van der Waals surface area contributed by atoms with Crippen LogP contribution in [0.4, 0.5) is 0 Å². The maximum Gasteiger partial charge on any atom is 0.203 e. The Bertz CT molecular complexity index is 1260. The van der Waals surface area contributed by atoms with Crippen molar-refractivity contribution in [2.75, 3.05) is 28.4 Å². The number of methoxy groups -OCH3 is 4. The van der Waals surface area contributed by atoms with Crippen molar-refractivity contribution in [2.24, 2.45) is 0 Å². The summed E-state index contributed by atoms with van der Waals surface area (Å²) in [5.74, 6) is 3.49. The first-order chi connectivity index (χ1) is 16.2. The molecular weight excluding hydrogens is 420 g/mol. The first-order valence-corrected chi connectivity index (χ1v) is 10.8. The third-order valence-corrected chi connectivity index (χ3v) is 6.17. The molecule has 170 valence electrons. The van der Waals surface area contributed by atoms with Crippen molar-refractivity contribution in [3.8, 4) is 45.6 Å². The third kappa shape index (κ3) is 3.59. The van der Waals surface area contributed by atoms with Crippen molar-refractivity contribution in [1.29, 1.82) is 0 Å². The van der Waals surface area contributed by atoms with Crippen LogP contribution in [-0.4, -0.2) is 38.2 Å². The molecule has 0 bridgehead atoms. The van der Waals surface area contributed by atoms with E-state index in [-0.39, 0.29) is 0 Å². The molecular formula is C26H26N2O5. The molecule has 0 amide bonds. The lowest BCUT2D eigenvalue weighted by molar-refractivity contribution is 0.324. The number of benzene rings is 2. The summed E-state index contributed by atoms with van der Waals surface area (Å²) >= 11 is 0. The molecule has 0 radical (unpaired) electrons. The molecule has 7 nitrogen and oxygen atoms in total. The maximum absolute atomic E-state index is 5.64. The topological polar surface area (TPSA) is 67.9 Å². The van der Waals surface area contributed by atoms with Gasteiger partial charge in [-0.05, 0) is 48.2 Å². The van der Waals surface area contributed by atoms with Crippen LogP contribution in [0.25, 0.3) is 22.6 Å². The lowest BCUT2D eigenvalue weighted by atomic mass is 9.91. The van der Waals surface area contributed by atoms with Crippen LogP contribution in [-0.2, 0) is 19.4 Å². The van der Waals surface area contributed by atoms with Gasteiger partial charge < -0.3 is 28.0 Å². The van der Waals surface area contributed by atoms with E-state index in [0.29, 0.717) is 23.8 Å². The fraction of sp³-hybridized carbons (Fsp3) is 0.269. The number of ether oxygens (including phenoxy) is 4. The predicted molar refractivity (Wildman–Crippen MR) is 125 cm³/mol. The van der Waals surface area contributed by atoms with Gasteiger partial charge in [-0.1, -0.05) is 17.3 Å². The van der Waals surface area contributed by atoms with E-state index in [1.807, 2.05) is 30.5 Å². The van der Waals surface area contributed by atoms with Crippen LogP contribution >= 0.6 is 0 Å². The molecule has 2 aromatic carbocycles. The van der Waals surface area contributed by atoms with E-state index in [4.69, 9.17) is 23.5 Å². The highest BCUT2D eigenvalue weighted by molar-refractivity contribution is 5.80. The average molecular weight is 447 g/mol. The molecule has 0 atom stereocenters. The van der Waals surface area contributed by atoms with Gasteiger partial charge in [-0.25, -0.2) is 0 Å². The van der Waals surface area contributed by atoms with Crippen molar-refractivity contribution in [3.63, 3.8) is 0 Å². The van der Waals surface area contributed by atoms with E-state index in [9.17, 15) is 0 Å². The molecule has 0 saturated carbocycles. The second kappa shape index (κ2) is 8.58. The van der Waals surface area contributed by atoms with Crippen LogP contribution in [0, 0.1) is 0 Å². The number of hydrogen-bond donors (Lipinski definition) is 0. The average Bonchev–Trinajstić information content (AvgIpc) is 3.47. The van der Waals surface area contributed by atoms with Crippen molar-refractivity contribution in [1.82, 2.24) is 9.72 Å². The predicted octanol–water partition coefficient (Wildman–Crippen LogP) is 4.99. The molecule has 2 aromatic heterocycles. The van der Waals surface area contributed by atoms with Crippen LogP contribution in [0.1, 0.15) is 16.7 Å². The number of aryl methyl sites for hydroxylation is 1. The summed E-state index contributed by atoms with van der Waals surface area (Å²) < 4.78 is 30.0. The Morgan fingerprint density at radius 1 is 0.909 bits per heavy atom. The number of rotatable bonds is 7. The smallest absolute Gasteiger partial charge is 0.203 e. The zero-order chi connectivity index (χ0) is 22.9. The van der Waals surface area contributed by atoms with Gasteiger partial charge in [0.05, 0.1) is 40.3 Å². The Labute approximate surface area is 192 Å². The van der Waals surface area contributed by atoms with Crippen LogP contribution in [0.3, 0.4) is 0 Å². The highest BCUT2D eigenvalue weighted by Gasteiger charge is 2.28. The highest BCUT2D eigenvalue weighted by Crippen LogP contribution is 2.45. The molecule has 0 fully saturated rings. The number of nitrogens with zero attached hydrogens (tertiary/aromatic N) is 2. The fourth-order valence-electron chi connectivity index (χ4n) is 4.58. The van der Waals surface area contributed by atoms with E-state index < -0.39 is 0 Å². The summed E-state index contributed by atoms with van der Waals surface area (Å²) in [6, 6.07) is 12.1. The van der Waals surface area contributed by atoms with E-state index >= 15 is 0 Å². The summed E-state index contributed by atoms with van der Waals surface area (Å²) in [6.07, 6.45) is 5.75. The van der Waals surface area contributed by atoms with Gasteiger partial charge in [-0.3, -0.25) is 0 Å². The molecule has 4 aromatic rings. The minimum atomic E-state index is 0.573. The Hall–Kier alpha value is -3.87. The molecule has 1 aliphatic rings. The van der Waals surface area contributed by atoms with Crippen LogP contribution < -0.4 is 18.9 Å². The van der Waals surface area contributed by atoms with Gasteiger partial charge in [0.2, 0.25) is 5.75 Å². The van der Waals surface area contributed by atoms with Gasteiger partial charge in [-0.2, -0.15) is 0 Å². The fourth-order valence-corrected chi connectivity index (χ4v) is 4.58. The number of aromatic nitrogens is 2. The minimum Gasteiger partial charge on any atom is -0.497 e. The molecule has 0 N–H and O–H groups in total. The monoisotopic (exact) mass is 446 g/mol. The molecule has 1 aliphatic carbocycles. The first kappa shape index (κ1) is 21.0. The minimum absolute atomic E-state index is 0.573. The van der Waals surface area contributed by atoms with Gasteiger partial charge in [0.15, 0.2) is 17.3 Å². The molecule has 2 heterocycles. The molecule has 0 saturated heterocycles. The summed E-state index contributed by atoms with van der Waals surface area (Å²) in [5.41, 5.74) is 6.69. The van der Waals surface area contributed by atoms with Gasteiger partial charge >= 0.3 is 0 Å². The number of hydrogen-bond acceptors (Lipinski definition) is 6. The second-order valence-electron chi connectivity index (χ2n) is 7.94. The van der Waals surface area contributed by atoms with Crippen LogP contribution in [0.15, 0.2) is 53.3 Å². The highest BCUT2D eigenvalue weighted by atomic mass is 16.5. The van der Waals surface area contributed by atoms with Crippen molar-refractivity contribution in [3.05, 3.63) is 65.5 Å². The molecule has 33 heavy (non-hydrogen) atoms. The molecule has 0 spiro atoms. The Balaban J connectivity index is 1.69. The lowest BCUT2D eigenvalue weighted by Gasteiger charge is -2.18. The van der Waals surface area contributed by atoms with Crippen LogP contribution in [0.5, 0.6) is 23.0 Å². The van der Waals surface area contributed by atoms with Crippen molar-refractivity contribution in [2.45, 2.75) is 19.4 Å². The summed E-state index contributed by atoms with van der Waals surface area (Å²) in [6.45, 7) is 0.687. The molecule has 0 aliphatic heterocycles. The van der Waals surface area contributed by atoms with E-state index in [2.05, 4.69) is 28.1 Å². The normalized spacial score (nSPS) is 12.1.